The molecule has 0 aliphatic rings. The van der Waals surface area contributed by atoms with E-state index in [1.807, 2.05) is 36.4 Å². The Bertz CT molecular complexity index is 761. The highest BCUT2D eigenvalue weighted by atomic mass is 79.9. The van der Waals surface area contributed by atoms with Crippen molar-refractivity contribution in [3.8, 4) is 0 Å². The Morgan fingerprint density at radius 1 is 1.05 bits per heavy atom. The minimum atomic E-state index is -0.0220. The Labute approximate surface area is 123 Å². The molecule has 1 aromatic heterocycles. The van der Waals surface area contributed by atoms with Crippen LogP contribution < -0.4 is 5.73 Å². The zero-order chi connectivity index (χ0) is 13.4. The Balaban J connectivity index is 2.11. The summed E-state index contributed by atoms with van der Waals surface area (Å²) in [5.41, 5.74) is 7.32. The van der Waals surface area contributed by atoms with Gasteiger partial charge < -0.3 is 5.73 Å². The van der Waals surface area contributed by atoms with E-state index in [1.165, 1.54) is 11.3 Å². The van der Waals surface area contributed by atoms with E-state index < -0.39 is 0 Å². The van der Waals surface area contributed by atoms with Crippen LogP contribution in [0.25, 0.3) is 10.1 Å². The summed E-state index contributed by atoms with van der Waals surface area (Å²) < 4.78 is 1.99. The molecule has 0 atom stereocenters. The number of rotatable bonds is 2. The van der Waals surface area contributed by atoms with Crippen molar-refractivity contribution in [3.63, 3.8) is 0 Å². The first-order valence-electron chi connectivity index (χ1n) is 5.74. The van der Waals surface area contributed by atoms with E-state index in [-0.39, 0.29) is 5.78 Å². The smallest absolute Gasteiger partial charge is 0.205 e. The van der Waals surface area contributed by atoms with Gasteiger partial charge >= 0.3 is 0 Å². The zero-order valence-electron chi connectivity index (χ0n) is 9.89. The van der Waals surface area contributed by atoms with Gasteiger partial charge in [0.25, 0.3) is 0 Å². The molecular weight excluding hydrogens is 322 g/mol. The van der Waals surface area contributed by atoms with Crippen molar-refractivity contribution in [1.82, 2.24) is 0 Å². The Morgan fingerprint density at radius 2 is 1.74 bits per heavy atom. The quantitative estimate of drug-likeness (QED) is 0.703. The van der Waals surface area contributed by atoms with Crippen LogP contribution in [0, 0.1) is 0 Å². The van der Waals surface area contributed by atoms with Crippen molar-refractivity contribution in [1.29, 1.82) is 0 Å². The van der Waals surface area contributed by atoms with Gasteiger partial charge in [-0.3, -0.25) is 4.79 Å². The van der Waals surface area contributed by atoms with Crippen LogP contribution in [0.1, 0.15) is 15.2 Å². The van der Waals surface area contributed by atoms with Crippen LogP contribution in [-0.2, 0) is 0 Å². The number of benzene rings is 2. The number of thiophene rings is 1. The number of hydrogen-bond acceptors (Lipinski definition) is 3. The SMILES string of the molecule is Nc1c(C(=O)c2ccc(Br)cc2)sc2ccccc12. The van der Waals surface area contributed by atoms with Gasteiger partial charge in [-0.2, -0.15) is 0 Å². The molecule has 0 aliphatic carbocycles. The van der Waals surface area contributed by atoms with Crippen LogP contribution in [-0.4, -0.2) is 5.78 Å². The summed E-state index contributed by atoms with van der Waals surface area (Å²) in [6.45, 7) is 0. The lowest BCUT2D eigenvalue weighted by Gasteiger charge is -2.00. The molecule has 2 nitrogen and oxygen atoms in total. The van der Waals surface area contributed by atoms with Gasteiger partial charge in [-0.1, -0.05) is 34.1 Å². The lowest BCUT2D eigenvalue weighted by molar-refractivity contribution is 0.104. The maximum Gasteiger partial charge on any atom is 0.205 e. The van der Waals surface area contributed by atoms with Gasteiger partial charge in [0.15, 0.2) is 0 Å². The molecule has 2 aromatic carbocycles. The van der Waals surface area contributed by atoms with E-state index in [4.69, 9.17) is 5.73 Å². The molecule has 3 aromatic rings. The average molecular weight is 332 g/mol. The summed E-state index contributed by atoms with van der Waals surface area (Å²) in [6.07, 6.45) is 0. The molecule has 0 amide bonds. The van der Waals surface area contributed by atoms with Crippen molar-refractivity contribution >= 4 is 48.8 Å². The third kappa shape index (κ3) is 2.17. The molecule has 3 rings (SSSR count). The number of anilines is 1. The van der Waals surface area contributed by atoms with Crippen molar-refractivity contribution in [2.45, 2.75) is 0 Å². The molecule has 0 fully saturated rings. The fraction of sp³-hybridized carbons (Fsp3) is 0. The first-order chi connectivity index (χ1) is 9.16. The number of fused-ring (bicyclic) bond motifs is 1. The van der Waals surface area contributed by atoms with Crippen LogP contribution in [0.3, 0.4) is 0 Å². The van der Waals surface area contributed by atoms with E-state index in [1.54, 1.807) is 12.1 Å². The topological polar surface area (TPSA) is 43.1 Å². The van der Waals surface area contributed by atoms with E-state index in [0.717, 1.165) is 14.6 Å². The first-order valence-corrected chi connectivity index (χ1v) is 7.35. The predicted octanol–water partition coefficient (Wildman–Crippen LogP) is 4.48. The maximum atomic E-state index is 12.5. The number of ketones is 1. The number of carbonyl (C=O) groups excluding carboxylic acids is 1. The van der Waals surface area contributed by atoms with Crippen LogP contribution >= 0.6 is 27.3 Å². The predicted molar refractivity (Wildman–Crippen MR) is 83.8 cm³/mol. The van der Waals surface area contributed by atoms with Crippen LogP contribution in [0.5, 0.6) is 0 Å². The summed E-state index contributed by atoms with van der Waals surface area (Å²) in [6, 6.07) is 15.1. The average Bonchev–Trinajstić information content (AvgIpc) is 2.77. The number of carbonyl (C=O) groups is 1. The highest BCUT2D eigenvalue weighted by molar-refractivity contribution is 9.10. The molecule has 0 saturated carbocycles. The molecule has 19 heavy (non-hydrogen) atoms. The van der Waals surface area contributed by atoms with Gasteiger partial charge in [0, 0.05) is 20.1 Å². The summed E-state index contributed by atoms with van der Waals surface area (Å²) in [4.78, 5) is 13.1. The standard InChI is InChI=1S/C15H10BrNOS/c16-10-7-5-9(6-8-10)14(18)15-13(17)11-3-1-2-4-12(11)19-15/h1-8H,17H2. The first kappa shape index (κ1) is 12.4. The zero-order valence-corrected chi connectivity index (χ0v) is 12.3. The van der Waals surface area contributed by atoms with E-state index in [0.29, 0.717) is 16.1 Å². The lowest BCUT2D eigenvalue weighted by atomic mass is 10.1. The molecule has 1 heterocycles. The second-order valence-corrected chi connectivity index (χ2v) is 6.14. The largest absolute Gasteiger partial charge is 0.397 e. The number of nitrogen functional groups attached to an aromatic ring is 1. The molecule has 0 aliphatic heterocycles. The number of halogens is 1. The monoisotopic (exact) mass is 331 g/mol. The molecule has 0 radical (unpaired) electrons. The van der Waals surface area contributed by atoms with Crippen LogP contribution in [0.15, 0.2) is 53.0 Å². The van der Waals surface area contributed by atoms with Gasteiger partial charge in [-0.25, -0.2) is 0 Å². The highest BCUT2D eigenvalue weighted by Crippen LogP contribution is 2.34. The van der Waals surface area contributed by atoms with Gasteiger partial charge in [0.05, 0.1) is 10.6 Å². The molecule has 94 valence electrons. The van der Waals surface area contributed by atoms with E-state index in [9.17, 15) is 4.79 Å². The maximum absolute atomic E-state index is 12.5. The fourth-order valence-corrected chi connectivity index (χ4v) is 3.32. The number of hydrogen-bond donors (Lipinski definition) is 1. The summed E-state index contributed by atoms with van der Waals surface area (Å²) in [7, 11) is 0. The van der Waals surface area contributed by atoms with Crippen molar-refractivity contribution in [2.75, 3.05) is 5.73 Å². The highest BCUT2D eigenvalue weighted by Gasteiger charge is 2.17. The van der Waals surface area contributed by atoms with Crippen LogP contribution in [0.4, 0.5) is 5.69 Å². The van der Waals surface area contributed by atoms with Gasteiger partial charge in [-0.05, 0) is 30.3 Å². The van der Waals surface area contributed by atoms with Gasteiger partial charge in [-0.15, -0.1) is 11.3 Å². The van der Waals surface area contributed by atoms with Gasteiger partial charge in [0.2, 0.25) is 5.78 Å². The molecule has 4 heteroatoms. The normalized spacial score (nSPS) is 10.8. The van der Waals surface area contributed by atoms with E-state index >= 15 is 0 Å². The Morgan fingerprint density at radius 3 is 2.42 bits per heavy atom. The molecule has 0 unspecified atom stereocenters. The molecule has 2 N–H and O–H groups in total. The summed E-state index contributed by atoms with van der Waals surface area (Å²) >= 11 is 4.80. The second-order valence-electron chi connectivity index (χ2n) is 4.18. The van der Waals surface area contributed by atoms with Crippen molar-refractivity contribution in [2.24, 2.45) is 0 Å². The fourth-order valence-electron chi connectivity index (χ4n) is 1.97. The minimum Gasteiger partial charge on any atom is -0.397 e. The summed E-state index contributed by atoms with van der Waals surface area (Å²) in [5, 5.41) is 0.952. The van der Waals surface area contributed by atoms with Crippen molar-refractivity contribution < 1.29 is 4.79 Å². The summed E-state index contributed by atoms with van der Waals surface area (Å²) in [5.74, 6) is -0.0220. The third-order valence-corrected chi connectivity index (χ3v) is 4.66. The van der Waals surface area contributed by atoms with Crippen molar-refractivity contribution in [3.05, 3.63) is 63.4 Å². The number of nitrogens with two attached hydrogens (primary N) is 1. The second kappa shape index (κ2) is 4.79. The molecule has 0 saturated heterocycles. The molecule has 0 bridgehead atoms. The van der Waals surface area contributed by atoms with Gasteiger partial charge in [0.1, 0.15) is 0 Å². The molecular formula is C15H10BrNOS. The molecule has 0 spiro atoms. The third-order valence-electron chi connectivity index (χ3n) is 2.95. The lowest BCUT2D eigenvalue weighted by Crippen LogP contribution is -2.01. The Kier molecular flexibility index (Phi) is 3.12. The van der Waals surface area contributed by atoms with Crippen LogP contribution in [0.2, 0.25) is 0 Å². The van der Waals surface area contributed by atoms with E-state index in [2.05, 4.69) is 15.9 Å². The minimum absolute atomic E-state index is 0.0220. The Hall–Kier alpha value is -1.65.